The molecule has 0 fully saturated rings. The molecule has 0 saturated carbocycles. The average Bonchev–Trinajstić information content (AvgIpc) is 2.99. The lowest BCUT2D eigenvalue weighted by atomic mass is 10.1. The van der Waals surface area contributed by atoms with Crippen LogP contribution in [0.1, 0.15) is 43.6 Å². The molecular weight excluding hydrogens is 510 g/mol. The van der Waals surface area contributed by atoms with Gasteiger partial charge in [-0.25, -0.2) is 10.2 Å². The van der Waals surface area contributed by atoms with Crippen molar-refractivity contribution in [3.8, 4) is 17.2 Å². The van der Waals surface area contributed by atoms with Crippen LogP contribution in [0.25, 0.3) is 0 Å². The molecule has 9 nitrogen and oxygen atoms in total. The zero-order valence-corrected chi connectivity index (χ0v) is 21.9. The highest BCUT2D eigenvalue weighted by molar-refractivity contribution is 6.05. The summed E-state index contributed by atoms with van der Waals surface area (Å²) in [5.74, 6) is -0.00537. The van der Waals surface area contributed by atoms with Crippen molar-refractivity contribution in [2.45, 2.75) is 6.92 Å². The van der Waals surface area contributed by atoms with Gasteiger partial charge in [0.15, 0.2) is 11.5 Å². The number of ether oxygens (including phenoxy) is 3. The van der Waals surface area contributed by atoms with Gasteiger partial charge >= 0.3 is 5.97 Å². The highest BCUT2D eigenvalue weighted by atomic mass is 16.6. The molecule has 2 amide bonds. The molecule has 0 saturated heterocycles. The summed E-state index contributed by atoms with van der Waals surface area (Å²) in [5.41, 5.74) is 4.72. The molecule has 2 N–H and O–H groups in total. The van der Waals surface area contributed by atoms with E-state index in [1.54, 1.807) is 98.1 Å². The van der Waals surface area contributed by atoms with Crippen LogP contribution in [0.2, 0.25) is 0 Å². The first-order valence-corrected chi connectivity index (χ1v) is 12.4. The third kappa shape index (κ3) is 7.32. The number of esters is 1. The van der Waals surface area contributed by atoms with Crippen LogP contribution in [0.15, 0.2) is 102 Å². The van der Waals surface area contributed by atoms with E-state index < -0.39 is 11.9 Å². The number of rotatable bonds is 10. The standard InChI is InChI=1S/C31H27N3O6/c1-3-39-28-18-21(12-17-27(28)40-31(37)23-8-5-4-6-9-23)20-32-34-30(36)24-10-7-11-25(19-24)33-29(35)22-13-15-26(38-2)16-14-22/h4-20H,3H2,1-2H3,(H,33,35)(H,34,36). The van der Waals surface area contributed by atoms with Crippen molar-refractivity contribution < 1.29 is 28.6 Å². The number of methoxy groups -OCH3 is 1. The molecule has 4 aromatic rings. The number of nitrogens with one attached hydrogen (secondary N) is 2. The van der Waals surface area contributed by atoms with Crippen LogP contribution in [-0.4, -0.2) is 37.7 Å². The van der Waals surface area contributed by atoms with E-state index in [4.69, 9.17) is 14.2 Å². The van der Waals surface area contributed by atoms with E-state index in [1.807, 2.05) is 13.0 Å². The Kier molecular flexibility index (Phi) is 9.23. The van der Waals surface area contributed by atoms with E-state index in [9.17, 15) is 14.4 Å². The summed E-state index contributed by atoms with van der Waals surface area (Å²) in [6, 6.07) is 26.8. The van der Waals surface area contributed by atoms with Crippen molar-refractivity contribution in [3.63, 3.8) is 0 Å². The van der Waals surface area contributed by atoms with Crippen molar-refractivity contribution in [2.75, 3.05) is 19.0 Å². The SMILES string of the molecule is CCOc1cc(C=NNC(=O)c2cccc(NC(=O)c3ccc(OC)cc3)c2)ccc1OC(=O)c1ccccc1. The summed E-state index contributed by atoms with van der Waals surface area (Å²) in [6.45, 7) is 2.18. The first kappa shape index (κ1) is 27.6. The van der Waals surface area contributed by atoms with Crippen LogP contribution in [0.3, 0.4) is 0 Å². The molecule has 0 radical (unpaired) electrons. The first-order chi connectivity index (χ1) is 19.5. The summed E-state index contributed by atoms with van der Waals surface area (Å²) in [6.07, 6.45) is 1.44. The summed E-state index contributed by atoms with van der Waals surface area (Å²) >= 11 is 0. The predicted octanol–water partition coefficient (Wildman–Crippen LogP) is 5.33. The number of amides is 2. The van der Waals surface area contributed by atoms with E-state index in [0.717, 1.165) is 0 Å². The Morgan fingerprint density at radius 3 is 2.25 bits per heavy atom. The number of carbonyl (C=O) groups is 3. The fourth-order valence-corrected chi connectivity index (χ4v) is 3.60. The molecular formula is C31H27N3O6. The lowest BCUT2D eigenvalue weighted by Gasteiger charge is -2.11. The van der Waals surface area contributed by atoms with E-state index in [1.165, 1.54) is 6.21 Å². The van der Waals surface area contributed by atoms with Gasteiger partial charge in [0.25, 0.3) is 11.8 Å². The quantitative estimate of drug-likeness (QED) is 0.122. The summed E-state index contributed by atoms with van der Waals surface area (Å²) in [7, 11) is 1.55. The van der Waals surface area contributed by atoms with Crippen molar-refractivity contribution in [2.24, 2.45) is 5.10 Å². The second kappa shape index (κ2) is 13.4. The molecule has 0 aromatic heterocycles. The molecule has 0 spiro atoms. The van der Waals surface area contributed by atoms with Gasteiger partial charge in [-0.1, -0.05) is 24.3 Å². The molecule has 40 heavy (non-hydrogen) atoms. The van der Waals surface area contributed by atoms with Crippen LogP contribution in [0, 0.1) is 0 Å². The Morgan fingerprint density at radius 1 is 0.775 bits per heavy atom. The molecule has 0 aliphatic carbocycles. The summed E-state index contributed by atoms with van der Waals surface area (Å²) in [5, 5.41) is 6.80. The smallest absolute Gasteiger partial charge is 0.343 e. The Labute approximate surface area is 231 Å². The van der Waals surface area contributed by atoms with Gasteiger partial charge in [-0.3, -0.25) is 9.59 Å². The topological polar surface area (TPSA) is 115 Å². The van der Waals surface area contributed by atoms with Crippen molar-refractivity contribution in [1.82, 2.24) is 5.43 Å². The lowest BCUT2D eigenvalue weighted by molar-refractivity contribution is 0.0728. The number of hydrogen-bond acceptors (Lipinski definition) is 7. The summed E-state index contributed by atoms with van der Waals surface area (Å²) < 4.78 is 16.2. The van der Waals surface area contributed by atoms with Crippen LogP contribution in [0.4, 0.5) is 5.69 Å². The molecule has 4 rings (SSSR count). The zero-order chi connectivity index (χ0) is 28.3. The minimum Gasteiger partial charge on any atom is -0.497 e. The van der Waals surface area contributed by atoms with Gasteiger partial charge in [0.1, 0.15) is 5.75 Å². The summed E-state index contributed by atoms with van der Waals surface area (Å²) in [4.78, 5) is 37.6. The zero-order valence-electron chi connectivity index (χ0n) is 21.9. The lowest BCUT2D eigenvalue weighted by Crippen LogP contribution is -2.18. The fourth-order valence-electron chi connectivity index (χ4n) is 3.60. The van der Waals surface area contributed by atoms with Gasteiger partial charge in [0.05, 0.1) is 25.5 Å². The molecule has 0 unspecified atom stereocenters. The predicted molar refractivity (Wildman–Crippen MR) is 151 cm³/mol. The van der Waals surface area contributed by atoms with Gasteiger partial charge in [-0.05, 0) is 85.3 Å². The third-order valence-corrected chi connectivity index (χ3v) is 5.59. The van der Waals surface area contributed by atoms with Crippen LogP contribution < -0.4 is 25.0 Å². The molecule has 4 aromatic carbocycles. The van der Waals surface area contributed by atoms with Gasteiger partial charge in [-0.15, -0.1) is 0 Å². The number of hydrazone groups is 1. The van der Waals surface area contributed by atoms with Gasteiger partial charge in [0.2, 0.25) is 0 Å². The maximum atomic E-state index is 12.7. The monoisotopic (exact) mass is 537 g/mol. The normalized spacial score (nSPS) is 10.6. The van der Waals surface area contributed by atoms with Crippen LogP contribution in [0.5, 0.6) is 17.2 Å². The Morgan fingerprint density at radius 2 is 1.52 bits per heavy atom. The first-order valence-electron chi connectivity index (χ1n) is 12.4. The largest absolute Gasteiger partial charge is 0.497 e. The molecule has 9 heteroatoms. The minimum absolute atomic E-state index is 0.269. The number of hydrogen-bond donors (Lipinski definition) is 2. The van der Waals surface area contributed by atoms with Crippen LogP contribution in [-0.2, 0) is 0 Å². The number of nitrogens with zero attached hydrogens (tertiary/aromatic N) is 1. The van der Waals surface area contributed by atoms with E-state index in [-0.39, 0.29) is 11.7 Å². The number of anilines is 1. The third-order valence-electron chi connectivity index (χ3n) is 5.59. The number of benzene rings is 4. The molecule has 0 aliphatic heterocycles. The second-order valence-electron chi connectivity index (χ2n) is 8.36. The maximum absolute atomic E-state index is 12.7. The van der Waals surface area contributed by atoms with E-state index in [0.29, 0.717) is 46.0 Å². The maximum Gasteiger partial charge on any atom is 0.343 e. The second-order valence-corrected chi connectivity index (χ2v) is 8.36. The molecule has 0 aliphatic rings. The fraction of sp³-hybridized carbons (Fsp3) is 0.0968. The van der Waals surface area contributed by atoms with Crippen LogP contribution >= 0.6 is 0 Å². The Balaban J connectivity index is 1.38. The Hall–Kier alpha value is -5.44. The highest BCUT2D eigenvalue weighted by Gasteiger charge is 2.13. The van der Waals surface area contributed by atoms with Gasteiger partial charge < -0.3 is 19.5 Å². The average molecular weight is 538 g/mol. The molecule has 0 atom stereocenters. The Bertz CT molecular complexity index is 1520. The van der Waals surface area contributed by atoms with Gasteiger partial charge in [-0.2, -0.15) is 5.10 Å². The van der Waals surface area contributed by atoms with E-state index in [2.05, 4.69) is 15.8 Å². The van der Waals surface area contributed by atoms with E-state index >= 15 is 0 Å². The van der Waals surface area contributed by atoms with Crippen molar-refractivity contribution in [1.29, 1.82) is 0 Å². The van der Waals surface area contributed by atoms with Gasteiger partial charge in [0, 0.05) is 16.8 Å². The molecule has 0 heterocycles. The highest BCUT2D eigenvalue weighted by Crippen LogP contribution is 2.29. The minimum atomic E-state index is -0.502. The molecule has 202 valence electrons. The number of carbonyl (C=O) groups excluding carboxylic acids is 3. The molecule has 0 bridgehead atoms. The van der Waals surface area contributed by atoms with Crippen molar-refractivity contribution in [3.05, 3.63) is 119 Å². The van der Waals surface area contributed by atoms with Crippen molar-refractivity contribution >= 4 is 29.7 Å².